The molecule has 1 fully saturated rings. The molecule has 0 radical (unpaired) electrons. The van der Waals surface area contributed by atoms with Gasteiger partial charge in [-0.2, -0.15) is 6.67 Å². The fraction of sp³-hybridized carbons (Fsp3) is 0.459. The topological polar surface area (TPSA) is 62.4 Å². The van der Waals surface area contributed by atoms with Crippen LogP contribution in [0.15, 0.2) is 54.6 Å². The van der Waals surface area contributed by atoms with Gasteiger partial charge in [-0.05, 0) is 45.9 Å². The average molecular weight is 758 g/mol. The van der Waals surface area contributed by atoms with Crippen LogP contribution >= 0.6 is 19.4 Å². The molecule has 0 amide bonds. The molecule has 0 aliphatic carbocycles. The van der Waals surface area contributed by atoms with Crippen LogP contribution in [0.3, 0.4) is 0 Å². The normalized spacial score (nSPS) is 13.5. The summed E-state index contributed by atoms with van der Waals surface area (Å²) in [5.74, 6) is 2.74. The van der Waals surface area contributed by atoms with E-state index in [9.17, 15) is 10.1 Å². The molecule has 254 valence electrons. The molecule has 0 unspecified atom stereocenters. The number of nitro benzene ring substituents is 1. The summed E-state index contributed by atoms with van der Waals surface area (Å²) in [6.45, 7) is 26.8. The quantitative estimate of drug-likeness (QED) is 0.0679. The van der Waals surface area contributed by atoms with Crippen molar-refractivity contribution in [3.63, 3.8) is 0 Å². The number of rotatable bonds is 10. The van der Waals surface area contributed by atoms with Crippen LogP contribution in [-0.4, -0.2) is 33.5 Å². The number of ether oxygens (including phenoxy) is 1. The van der Waals surface area contributed by atoms with E-state index in [1.807, 2.05) is 13.8 Å². The monoisotopic (exact) mass is 757 g/mol. The average Bonchev–Trinajstić information content (AvgIpc) is 3.46. The second kappa shape index (κ2) is 17.1. The Morgan fingerprint density at radius 1 is 0.761 bits per heavy atom. The first-order valence-electron chi connectivity index (χ1n) is 16.1. The molecule has 4 rings (SSSR count). The molecule has 3 aromatic carbocycles. The Kier molecular flexibility index (Phi) is 14.1. The number of anilines is 2. The fourth-order valence-electron chi connectivity index (χ4n) is 5.74. The molecule has 3 aromatic rings. The molecule has 0 spiro atoms. The Hall–Kier alpha value is -2.47. The molecule has 0 aromatic heterocycles. The minimum atomic E-state index is -2.03. The maximum Gasteiger partial charge on any atom is 0.0156 e. The number of hydrogen-bond donors (Lipinski definition) is 0. The Morgan fingerprint density at radius 3 is 1.50 bits per heavy atom. The number of aliphatic hydroxyl groups is 1. The van der Waals surface area contributed by atoms with Crippen molar-refractivity contribution >= 4 is 41.1 Å². The van der Waals surface area contributed by atoms with E-state index in [0.717, 1.165) is 13.1 Å². The van der Waals surface area contributed by atoms with Crippen molar-refractivity contribution in [2.75, 3.05) is 22.9 Å². The van der Waals surface area contributed by atoms with Crippen molar-refractivity contribution in [3.8, 4) is 5.75 Å². The predicted molar refractivity (Wildman–Crippen MR) is 195 cm³/mol. The van der Waals surface area contributed by atoms with Crippen molar-refractivity contribution in [1.82, 2.24) is 0 Å². The molecule has 0 bridgehead atoms. The van der Waals surface area contributed by atoms with E-state index in [1.165, 1.54) is 45.8 Å². The van der Waals surface area contributed by atoms with Crippen molar-refractivity contribution in [1.29, 1.82) is 0 Å². The van der Waals surface area contributed by atoms with E-state index in [1.54, 1.807) is 10.7 Å². The van der Waals surface area contributed by atoms with E-state index < -0.39 is 18.4 Å². The molecule has 46 heavy (non-hydrogen) atoms. The number of halogens is 2. The second-order valence-corrected chi connectivity index (χ2v) is 18.9. The van der Waals surface area contributed by atoms with Gasteiger partial charge in [-0.15, -0.1) is 0 Å². The number of benzene rings is 3. The zero-order chi connectivity index (χ0) is 34.3. The molecular formula is C37H51Cl2N3O3Ru. The van der Waals surface area contributed by atoms with Gasteiger partial charge >= 0.3 is 112 Å². The third-order valence-corrected chi connectivity index (χ3v) is 9.76. The van der Waals surface area contributed by atoms with Gasteiger partial charge in [0, 0.05) is 24.5 Å². The van der Waals surface area contributed by atoms with Gasteiger partial charge in [-0.1, -0.05) is 91.8 Å². The van der Waals surface area contributed by atoms with Gasteiger partial charge in [0.25, 0.3) is 0 Å². The van der Waals surface area contributed by atoms with Crippen LogP contribution in [0, 0.1) is 16.8 Å². The van der Waals surface area contributed by atoms with Crippen molar-refractivity contribution in [2.45, 2.75) is 99.0 Å². The Labute approximate surface area is 289 Å². The van der Waals surface area contributed by atoms with Crippen LogP contribution < -0.4 is 9.80 Å². The molecule has 0 saturated carbocycles. The molecule has 1 heterocycles. The van der Waals surface area contributed by atoms with Crippen LogP contribution in [0.2, 0.25) is 0 Å². The van der Waals surface area contributed by atoms with Crippen LogP contribution in [0.4, 0.5) is 17.1 Å². The maximum atomic E-state index is 10.7. The van der Waals surface area contributed by atoms with E-state index in [0.29, 0.717) is 35.0 Å². The van der Waals surface area contributed by atoms with Crippen molar-refractivity contribution in [3.05, 3.63) is 99.2 Å². The van der Waals surface area contributed by atoms with E-state index >= 15 is 0 Å². The third kappa shape index (κ3) is 9.78. The summed E-state index contributed by atoms with van der Waals surface area (Å²) in [5, 5.41) is 10.7. The van der Waals surface area contributed by atoms with Gasteiger partial charge in [0.1, 0.15) is 0 Å². The summed E-state index contributed by atoms with van der Waals surface area (Å²) in [7, 11) is 11.6. The Bertz CT molecular complexity index is 1400. The van der Waals surface area contributed by atoms with Crippen LogP contribution in [0.1, 0.15) is 121 Å². The molecule has 1 aliphatic heterocycles. The first kappa shape index (κ1) is 38.0. The molecule has 1 aliphatic rings. The summed E-state index contributed by atoms with van der Waals surface area (Å²) in [4.78, 5) is 15.2. The largest absolute Gasteiger partial charge is 0.502 e. The fourth-order valence-corrected chi connectivity index (χ4v) is 7.54. The van der Waals surface area contributed by atoms with Crippen molar-refractivity contribution < 1.29 is 23.2 Å². The molecule has 1 saturated heterocycles. The van der Waals surface area contributed by atoms with Gasteiger partial charge in [-0.25, -0.2) is 0 Å². The van der Waals surface area contributed by atoms with Crippen LogP contribution in [0.5, 0.6) is 5.75 Å². The maximum absolute atomic E-state index is 10.7. The number of para-hydroxylation sites is 2. The van der Waals surface area contributed by atoms with Gasteiger partial charge in [0.15, 0.2) is 0 Å². The number of nitrogens with zero attached hydrogens (tertiary/aromatic N) is 3. The number of non-ortho nitro benzene ring substituents is 1. The van der Waals surface area contributed by atoms with Gasteiger partial charge in [0.2, 0.25) is 0 Å². The summed E-state index contributed by atoms with van der Waals surface area (Å²) in [6, 6.07) is 18.2. The Balaban J connectivity index is 0.000000289. The first-order valence-corrected chi connectivity index (χ1v) is 21.6. The Morgan fingerprint density at radius 2 is 1.17 bits per heavy atom. The molecular weight excluding hydrogens is 706 g/mol. The number of aromatic hydroxyl groups is 1. The predicted octanol–water partition coefficient (Wildman–Crippen LogP) is 10.9. The summed E-state index contributed by atoms with van der Waals surface area (Å²) < 4.78 is 6.03. The standard InChI is InChI=1S/C27H39N2.C10H11NO3.2ClH.Ru/c1-18(2)22-11-9-12-23(19(3)4)26(22)28-15-16-29(17-28)27-24(20(5)6)13-10-14-25(27)21(7)8;1-7(2)14-10-5-4-9(11(12)13)6-8(10)3;;;/h9-14,17-21H,15-16H2,1-8H3;3-7H,1-2H3;2*1H;/q-1;;;;+2/p-1. The minimum Gasteiger partial charge on any atom is -0.502 e. The SMILES string of the molecule is CC(C)[OH+]c1ccc([N+](=O)[O-])cc1[CH]=[Ru]([Cl])[Cl].CC(C)c1cccc(C(C)C)c1N1[CH-]N(c2c(C(C)C)cccc2C(C)C)CC1. The molecule has 9 heteroatoms. The first-order chi connectivity index (χ1) is 21.6. The number of nitro groups is 1. The van der Waals surface area contributed by atoms with Gasteiger partial charge in [-0.3, -0.25) is 0 Å². The van der Waals surface area contributed by atoms with Crippen LogP contribution in [-0.2, 0) is 13.5 Å². The minimum absolute atomic E-state index is 0.0164. The molecule has 0 atom stereocenters. The van der Waals surface area contributed by atoms with E-state index in [-0.39, 0.29) is 11.8 Å². The smallest absolute Gasteiger partial charge is 0.0156 e. The molecule has 6 nitrogen and oxygen atoms in total. The third-order valence-electron chi connectivity index (χ3n) is 7.93. The van der Waals surface area contributed by atoms with Crippen molar-refractivity contribution in [2.24, 2.45) is 0 Å². The van der Waals surface area contributed by atoms with Crippen LogP contribution in [0.25, 0.3) is 0 Å². The second-order valence-electron chi connectivity index (χ2n) is 13.2. The molecule has 1 N–H and O–H groups in total. The summed E-state index contributed by atoms with van der Waals surface area (Å²) in [6.07, 6.45) is 0.106. The zero-order valence-electron chi connectivity index (χ0n) is 28.9. The summed E-state index contributed by atoms with van der Waals surface area (Å²) >= 11 is -2.03. The zero-order valence-corrected chi connectivity index (χ0v) is 32.1. The van der Waals surface area contributed by atoms with E-state index in [4.69, 9.17) is 19.4 Å². The van der Waals surface area contributed by atoms with Gasteiger partial charge < -0.3 is 9.80 Å². The van der Waals surface area contributed by atoms with E-state index in [2.05, 4.69) is 113 Å². The number of hydrogen-bond acceptors (Lipinski definition) is 4. The summed E-state index contributed by atoms with van der Waals surface area (Å²) in [5.41, 5.74) is 9.32. The van der Waals surface area contributed by atoms with Gasteiger partial charge in [0.05, 0.1) is 0 Å².